The van der Waals surface area contributed by atoms with Crippen molar-refractivity contribution in [3.8, 4) is 5.75 Å². The Labute approximate surface area is 139 Å². The van der Waals surface area contributed by atoms with E-state index in [1.807, 2.05) is 0 Å². The number of methoxy groups -OCH3 is 1. The van der Waals surface area contributed by atoms with Crippen LogP contribution in [0.3, 0.4) is 0 Å². The lowest BCUT2D eigenvalue weighted by Gasteiger charge is -2.31. The molecule has 1 heterocycles. The number of para-hydroxylation sites is 1. The van der Waals surface area contributed by atoms with Crippen LogP contribution in [0.1, 0.15) is 22.3 Å². The van der Waals surface area contributed by atoms with Gasteiger partial charge in [0.25, 0.3) is 10.0 Å². The molecule has 1 aliphatic heterocycles. The molecule has 0 bridgehead atoms. The number of fused-ring (bicyclic) bond motifs is 1. The normalized spacial score (nSPS) is 14.5. The van der Waals surface area contributed by atoms with E-state index in [-0.39, 0.29) is 34.9 Å². The molecule has 0 spiro atoms. The van der Waals surface area contributed by atoms with Crippen LogP contribution in [0.5, 0.6) is 5.75 Å². The highest BCUT2D eigenvalue weighted by molar-refractivity contribution is 7.92. The van der Waals surface area contributed by atoms with Gasteiger partial charge in [-0.2, -0.15) is 0 Å². The molecule has 1 aliphatic rings. The van der Waals surface area contributed by atoms with E-state index in [0.29, 0.717) is 11.3 Å². The number of nitrogens with zero attached hydrogens (tertiary/aromatic N) is 1. The first kappa shape index (κ1) is 16.4. The van der Waals surface area contributed by atoms with E-state index in [9.17, 15) is 17.6 Å². The van der Waals surface area contributed by atoms with Crippen LogP contribution in [-0.4, -0.2) is 27.9 Å². The summed E-state index contributed by atoms with van der Waals surface area (Å²) in [6.45, 7) is 1.52. The number of ketones is 1. The second kappa shape index (κ2) is 5.90. The van der Waals surface area contributed by atoms with Crippen LogP contribution in [0.4, 0.5) is 10.1 Å². The Morgan fingerprint density at radius 3 is 2.62 bits per heavy atom. The molecule has 2 aromatic carbocycles. The Hall–Kier alpha value is -2.41. The number of carbonyl (C=O) groups is 1. The first-order valence-electron chi connectivity index (χ1n) is 7.35. The zero-order valence-electron chi connectivity index (χ0n) is 13.2. The first-order chi connectivity index (χ1) is 11.4. The van der Waals surface area contributed by atoms with E-state index in [2.05, 4.69) is 0 Å². The lowest BCUT2D eigenvalue weighted by atomic mass is 10.0. The molecule has 0 radical (unpaired) electrons. The van der Waals surface area contributed by atoms with Crippen molar-refractivity contribution < 1.29 is 22.3 Å². The van der Waals surface area contributed by atoms with E-state index < -0.39 is 15.8 Å². The van der Waals surface area contributed by atoms with Gasteiger partial charge in [-0.15, -0.1) is 0 Å². The highest BCUT2D eigenvalue weighted by Crippen LogP contribution is 2.39. The van der Waals surface area contributed by atoms with Gasteiger partial charge in [-0.3, -0.25) is 9.10 Å². The third-order valence-corrected chi connectivity index (χ3v) is 5.82. The number of hydrogen-bond donors (Lipinski definition) is 0. The average Bonchev–Trinajstić information content (AvgIpc) is 2.57. The van der Waals surface area contributed by atoms with Crippen molar-refractivity contribution in [2.75, 3.05) is 18.0 Å². The second-order valence-corrected chi connectivity index (χ2v) is 7.38. The Balaban J connectivity index is 2.18. The molecule has 0 aliphatic carbocycles. The number of hydrogen-bond acceptors (Lipinski definition) is 4. The van der Waals surface area contributed by atoms with Crippen molar-refractivity contribution >= 4 is 21.5 Å². The van der Waals surface area contributed by atoms with Crippen LogP contribution in [0.2, 0.25) is 0 Å². The second-order valence-electron chi connectivity index (χ2n) is 5.52. The number of aryl methyl sites for hydroxylation is 1. The molecule has 126 valence electrons. The van der Waals surface area contributed by atoms with Gasteiger partial charge >= 0.3 is 0 Å². The van der Waals surface area contributed by atoms with Crippen molar-refractivity contribution in [1.82, 2.24) is 0 Å². The molecule has 7 heteroatoms. The standard InChI is InChI=1S/C17H16FNO4S/c1-11-10-12(6-7-14(11)18)24(21,22)19-9-8-15(20)13-4-3-5-16(23-2)17(13)19/h3-7,10H,8-9H2,1-2H3. The molecule has 0 amide bonds. The minimum Gasteiger partial charge on any atom is -0.495 e. The number of sulfonamides is 1. The van der Waals surface area contributed by atoms with Crippen LogP contribution in [0.25, 0.3) is 0 Å². The summed E-state index contributed by atoms with van der Waals surface area (Å²) in [6.07, 6.45) is 0.0829. The van der Waals surface area contributed by atoms with E-state index in [1.54, 1.807) is 18.2 Å². The fourth-order valence-electron chi connectivity index (χ4n) is 2.76. The van der Waals surface area contributed by atoms with Crippen LogP contribution in [0.15, 0.2) is 41.3 Å². The molecule has 5 nitrogen and oxygen atoms in total. The van der Waals surface area contributed by atoms with Gasteiger partial charge in [0.2, 0.25) is 0 Å². The minimum absolute atomic E-state index is 0.0188. The molecule has 0 unspecified atom stereocenters. The van der Waals surface area contributed by atoms with Gasteiger partial charge in [0.15, 0.2) is 5.78 Å². The van der Waals surface area contributed by atoms with Crippen LogP contribution in [0, 0.1) is 12.7 Å². The largest absolute Gasteiger partial charge is 0.495 e. The average molecular weight is 349 g/mol. The predicted octanol–water partition coefficient (Wildman–Crippen LogP) is 2.92. The number of Topliss-reactive ketones (excluding diaryl/α,β-unsaturated/α-hetero) is 1. The summed E-state index contributed by atoms with van der Waals surface area (Å²) in [5.74, 6) is -0.297. The molecule has 0 atom stereocenters. The van der Waals surface area contributed by atoms with Crippen molar-refractivity contribution in [3.05, 3.63) is 53.3 Å². The summed E-state index contributed by atoms with van der Waals surface area (Å²) in [4.78, 5) is 12.1. The molecular weight excluding hydrogens is 333 g/mol. The zero-order chi connectivity index (χ0) is 17.5. The van der Waals surface area contributed by atoms with E-state index >= 15 is 0 Å². The summed E-state index contributed by atoms with van der Waals surface area (Å²) in [7, 11) is -2.52. The van der Waals surface area contributed by atoms with Crippen molar-refractivity contribution in [1.29, 1.82) is 0 Å². The van der Waals surface area contributed by atoms with Crippen molar-refractivity contribution in [2.45, 2.75) is 18.2 Å². The van der Waals surface area contributed by atoms with Gasteiger partial charge in [0, 0.05) is 18.5 Å². The maximum atomic E-state index is 13.5. The number of anilines is 1. The third-order valence-electron chi connectivity index (χ3n) is 4.03. The smallest absolute Gasteiger partial charge is 0.264 e. The summed E-state index contributed by atoms with van der Waals surface area (Å²) in [6, 6.07) is 8.47. The van der Waals surface area contributed by atoms with Crippen molar-refractivity contribution in [3.63, 3.8) is 0 Å². The summed E-state index contributed by atoms with van der Waals surface area (Å²) >= 11 is 0. The van der Waals surface area contributed by atoms with E-state index in [0.717, 1.165) is 10.4 Å². The molecule has 0 aromatic heterocycles. The Kier molecular flexibility index (Phi) is 4.04. The monoisotopic (exact) mass is 349 g/mol. The fraction of sp³-hybridized carbons (Fsp3) is 0.235. The topological polar surface area (TPSA) is 63.7 Å². The molecule has 0 saturated heterocycles. The lowest BCUT2D eigenvalue weighted by molar-refractivity contribution is 0.0981. The number of carbonyl (C=O) groups excluding carboxylic acids is 1. The quantitative estimate of drug-likeness (QED) is 0.855. The fourth-order valence-corrected chi connectivity index (χ4v) is 4.34. The zero-order valence-corrected chi connectivity index (χ0v) is 14.1. The molecule has 0 saturated carbocycles. The van der Waals surface area contributed by atoms with Gasteiger partial charge in [0.05, 0.1) is 12.0 Å². The minimum atomic E-state index is -3.94. The maximum absolute atomic E-state index is 13.5. The molecule has 2 aromatic rings. The summed E-state index contributed by atoms with van der Waals surface area (Å²) < 4.78 is 45.9. The first-order valence-corrected chi connectivity index (χ1v) is 8.79. The van der Waals surface area contributed by atoms with E-state index in [4.69, 9.17) is 4.74 Å². The van der Waals surface area contributed by atoms with Crippen LogP contribution in [-0.2, 0) is 10.0 Å². The number of halogens is 1. The van der Waals surface area contributed by atoms with Gasteiger partial charge in [-0.25, -0.2) is 12.8 Å². The Morgan fingerprint density at radius 1 is 1.21 bits per heavy atom. The highest BCUT2D eigenvalue weighted by Gasteiger charge is 2.34. The Bertz CT molecular complexity index is 924. The summed E-state index contributed by atoms with van der Waals surface area (Å²) in [5, 5.41) is 0. The lowest BCUT2D eigenvalue weighted by Crippen LogP contribution is -2.37. The predicted molar refractivity (Wildman–Crippen MR) is 87.6 cm³/mol. The molecular formula is C17H16FNO4S. The van der Waals surface area contributed by atoms with Gasteiger partial charge < -0.3 is 4.74 Å². The molecule has 24 heavy (non-hydrogen) atoms. The number of benzene rings is 2. The van der Waals surface area contributed by atoms with Crippen LogP contribution >= 0.6 is 0 Å². The van der Waals surface area contributed by atoms with Crippen LogP contribution < -0.4 is 9.04 Å². The maximum Gasteiger partial charge on any atom is 0.264 e. The molecule has 3 rings (SSSR count). The number of rotatable bonds is 3. The molecule has 0 fully saturated rings. The van der Waals surface area contributed by atoms with E-state index in [1.165, 1.54) is 26.2 Å². The highest BCUT2D eigenvalue weighted by atomic mass is 32.2. The summed E-state index contributed by atoms with van der Waals surface area (Å²) in [5.41, 5.74) is 0.783. The third kappa shape index (κ3) is 2.54. The SMILES string of the molecule is COc1cccc2c1N(S(=O)(=O)c1ccc(F)c(C)c1)CCC2=O. The molecule has 0 N–H and O–H groups in total. The van der Waals surface area contributed by atoms with Gasteiger partial charge in [-0.1, -0.05) is 6.07 Å². The van der Waals surface area contributed by atoms with Gasteiger partial charge in [0.1, 0.15) is 17.3 Å². The number of ether oxygens (including phenoxy) is 1. The van der Waals surface area contributed by atoms with Crippen molar-refractivity contribution in [2.24, 2.45) is 0 Å². The Morgan fingerprint density at radius 2 is 1.96 bits per heavy atom. The van der Waals surface area contributed by atoms with Gasteiger partial charge in [-0.05, 0) is 42.8 Å².